The molecule has 9 nitrogen and oxygen atoms in total. The molecule has 5 rings (SSSR count). The number of rotatable bonds is 5. The Balaban J connectivity index is 1.57. The third kappa shape index (κ3) is 3.62. The summed E-state index contributed by atoms with van der Waals surface area (Å²) >= 11 is 1.53. The summed E-state index contributed by atoms with van der Waals surface area (Å²) in [5.74, 6) is -1.10. The Labute approximate surface area is 189 Å². The van der Waals surface area contributed by atoms with Gasteiger partial charge in [-0.1, -0.05) is 12.1 Å². The first-order chi connectivity index (χ1) is 15.3. The van der Waals surface area contributed by atoms with Gasteiger partial charge in [0.2, 0.25) is 5.82 Å². The standard InChI is InChI=1S/C22H25N5O4S/c1-10-15(21-26-12-6-4-5-7-14(12)32-21)19(27-20(24-10)18(23)29)25-13-8-11(9-28)16-17(13)31-22(2,3)30-16/h4-7,11,13,16-17,28H,8-9H2,1-3H3,(H2,23,29)(H,24,25,27). The number of hydrogen-bond donors (Lipinski definition) is 3. The zero-order valence-corrected chi connectivity index (χ0v) is 18.8. The van der Waals surface area contributed by atoms with Gasteiger partial charge >= 0.3 is 0 Å². The molecule has 3 heterocycles. The number of benzene rings is 1. The second-order valence-electron chi connectivity index (χ2n) is 8.70. The van der Waals surface area contributed by atoms with Crippen molar-refractivity contribution in [2.45, 2.75) is 51.2 Å². The maximum Gasteiger partial charge on any atom is 0.286 e. The van der Waals surface area contributed by atoms with Gasteiger partial charge < -0.3 is 25.6 Å². The fourth-order valence-electron chi connectivity index (χ4n) is 4.61. The van der Waals surface area contributed by atoms with Crippen LogP contribution in [0.5, 0.6) is 0 Å². The van der Waals surface area contributed by atoms with Crippen LogP contribution in [0.2, 0.25) is 0 Å². The van der Waals surface area contributed by atoms with Crippen LogP contribution >= 0.6 is 11.3 Å². The number of nitrogens with one attached hydrogen (secondary N) is 1. The minimum atomic E-state index is -0.737. The van der Waals surface area contributed by atoms with Crippen molar-refractivity contribution >= 4 is 33.3 Å². The number of aliphatic hydroxyl groups is 1. The molecule has 4 N–H and O–H groups in total. The van der Waals surface area contributed by atoms with Crippen molar-refractivity contribution in [3.8, 4) is 10.6 Å². The van der Waals surface area contributed by atoms with Gasteiger partial charge in [-0.15, -0.1) is 11.3 Å². The third-order valence-corrected chi connectivity index (χ3v) is 7.01. The second kappa shape index (κ2) is 7.73. The van der Waals surface area contributed by atoms with Crippen LogP contribution in [0.25, 0.3) is 20.8 Å². The van der Waals surface area contributed by atoms with E-state index >= 15 is 0 Å². The van der Waals surface area contributed by atoms with Gasteiger partial charge in [-0.25, -0.2) is 15.0 Å². The van der Waals surface area contributed by atoms with E-state index in [1.54, 1.807) is 0 Å². The number of anilines is 1. The first-order valence-corrected chi connectivity index (χ1v) is 11.3. The van der Waals surface area contributed by atoms with Crippen LogP contribution in [0.1, 0.15) is 36.6 Å². The molecule has 1 aliphatic carbocycles. The fourth-order valence-corrected chi connectivity index (χ4v) is 5.67. The van der Waals surface area contributed by atoms with Gasteiger partial charge in [0, 0.05) is 12.5 Å². The number of thiazole rings is 1. The SMILES string of the molecule is Cc1nc(C(N)=O)nc(NC2CC(CO)C3OC(C)(C)OC23)c1-c1nc2ccccc2s1. The number of carbonyl (C=O) groups is 1. The number of aryl methyl sites for hydroxylation is 1. The molecule has 32 heavy (non-hydrogen) atoms. The van der Waals surface area contributed by atoms with Crippen LogP contribution in [0.4, 0.5) is 5.82 Å². The molecule has 168 valence electrons. The molecule has 10 heteroatoms. The van der Waals surface area contributed by atoms with E-state index < -0.39 is 11.7 Å². The molecular weight excluding hydrogens is 430 g/mol. The number of ether oxygens (including phenoxy) is 2. The first-order valence-electron chi connectivity index (χ1n) is 10.5. The summed E-state index contributed by atoms with van der Waals surface area (Å²) in [6, 6.07) is 7.70. The number of fused-ring (bicyclic) bond motifs is 2. The normalized spacial score (nSPS) is 26.4. The van der Waals surface area contributed by atoms with Crippen molar-refractivity contribution in [3.05, 3.63) is 35.8 Å². The largest absolute Gasteiger partial charge is 0.396 e. The molecule has 4 unspecified atom stereocenters. The molecule has 2 fully saturated rings. The highest BCUT2D eigenvalue weighted by atomic mass is 32.1. The molecule has 1 amide bonds. The van der Waals surface area contributed by atoms with Crippen LogP contribution in [-0.4, -0.2) is 56.6 Å². The number of hydrogen-bond acceptors (Lipinski definition) is 9. The molecule has 4 atom stereocenters. The van der Waals surface area contributed by atoms with Gasteiger partial charge in [0.25, 0.3) is 5.91 Å². The Bertz CT molecular complexity index is 1160. The predicted molar refractivity (Wildman–Crippen MR) is 120 cm³/mol. The highest BCUT2D eigenvalue weighted by Crippen LogP contribution is 2.43. The zero-order valence-electron chi connectivity index (χ0n) is 18.0. The maximum absolute atomic E-state index is 11.9. The average Bonchev–Trinajstić information content (AvgIpc) is 3.38. The van der Waals surface area contributed by atoms with Gasteiger partial charge in [0.05, 0.1) is 33.6 Å². The zero-order chi connectivity index (χ0) is 22.6. The molecule has 1 saturated heterocycles. The average molecular weight is 456 g/mol. The summed E-state index contributed by atoms with van der Waals surface area (Å²) in [6.07, 6.45) is 0.144. The Morgan fingerprint density at radius 3 is 2.72 bits per heavy atom. The van der Waals surface area contributed by atoms with Crippen LogP contribution in [0.15, 0.2) is 24.3 Å². The monoisotopic (exact) mass is 455 g/mol. The minimum absolute atomic E-state index is 0.00114. The number of nitrogens with zero attached hydrogens (tertiary/aromatic N) is 3. The van der Waals surface area contributed by atoms with Crippen molar-refractivity contribution in [2.75, 3.05) is 11.9 Å². The molecule has 0 bridgehead atoms. The van der Waals surface area contributed by atoms with E-state index in [4.69, 9.17) is 20.2 Å². The van der Waals surface area contributed by atoms with Crippen molar-refractivity contribution in [1.29, 1.82) is 0 Å². The highest BCUT2D eigenvalue weighted by Gasteiger charge is 2.54. The summed E-state index contributed by atoms with van der Waals surface area (Å²) in [5, 5.41) is 14.1. The molecule has 1 aliphatic heterocycles. The first kappa shape index (κ1) is 21.2. The molecule has 1 saturated carbocycles. The van der Waals surface area contributed by atoms with Crippen LogP contribution < -0.4 is 11.1 Å². The van der Waals surface area contributed by atoms with Gasteiger partial charge in [-0.2, -0.15) is 0 Å². The summed E-state index contributed by atoms with van der Waals surface area (Å²) < 4.78 is 13.2. The van der Waals surface area contributed by atoms with Crippen molar-refractivity contribution in [1.82, 2.24) is 15.0 Å². The molecule has 2 aliphatic rings. The van der Waals surface area contributed by atoms with E-state index in [2.05, 4.69) is 15.3 Å². The summed E-state index contributed by atoms with van der Waals surface area (Å²) in [4.78, 5) is 25.4. The number of para-hydroxylation sites is 1. The fraction of sp³-hybridized carbons (Fsp3) is 0.455. The van der Waals surface area contributed by atoms with Crippen LogP contribution in [0.3, 0.4) is 0 Å². The van der Waals surface area contributed by atoms with Gasteiger partial charge in [0.1, 0.15) is 16.9 Å². The predicted octanol–water partition coefficient (Wildman–Crippen LogP) is 2.47. The Morgan fingerprint density at radius 1 is 1.25 bits per heavy atom. The summed E-state index contributed by atoms with van der Waals surface area (Å²) in [5.41, 5.74) is 7.70. The number of amides is 1. The lowest BCUT2D eigenvalue weighted by molar-refractivity contribution is -0.158. The minimum Gasteiger partial charge on any atom is -0.396 e. The lowest BCUT2D eigenvalue weighted by atomic mass is 10.1. The molecule has 1 aromatic carbocycles. The Hall–Kier alpha value is -2.66. The van der Waals surface area contributed by atoms with Crippen molar-refractivity contribution < 1.29 is 19.4 Å². The van der Waals surface area contributed by atoms with E-state index in [1.807, 2.05) is 45.0 Å². The maximum atomic E-state index is 11.9. The summed E-state index contributed by atoms with van der Waals surface area (Å²) in [6.45, 7) is 5.54. The quantitative estimate of drug-likeness (QED) is 0.534. The lowest BCUT2D eigenvalue weighted by Gasteiger charge is -2.24. The summed E-state index contributed by atoms with van der Waals surface area (Å²) in [7, 11) is 0. The topological polar surface area (TPSA) is 132 Å². The number of aromatic nitrogens is 3. The molecular formula is C22H25N5O4S. The van der Waals surface area contributed by atoms with E-state index in [0.717, 1.165) is 20.8 Å². The molecule has 0 radical (unpaired) electrons. The van der Waals surface area contributed by atoms with Gasteiger partial charge in [0.15, 0.2) is 5.79 Å². The van der Waals surface area contributed by atoms with Crippen LogP contribution in [-0.2, 0) is 9.47 Å². The van der Waals surface area contributed by atoms with Gasteiger partial charge in [-0.05, 0) is 39.3 Å². The lowest BCUT2D eigenvalue weighted by Crippen LogP contribution is -2.35. The van der Waals surface area contributed by atoms with E-state index in [-0.39, 0.29) is 36.6 Å². The number of primary amides is 1. The van der Waals surface area contributed by atoms with Gasteiger partial charge in [-0.3, -0.25) is 4.79 Å². The Kier molecular flexibility index (Phi) is 5.12. The second-order valence-corrected chi connectivity index (χ2v) is 9.73. The number of nitrogens with two attached hydrogens (primary N) is 1. The van der Waals surface area contributed by atoms with E-state index in [0.29, 0.717) is 17.9 Å². The van der Waals surface area contributed by atoms with E-state index in [1.165, 1.54) is 11.3 Å². The Morgan fingerprint density at radius 2 is 2.00 bits per heavy atom. The number of aliphatic hydroxyl groups excluding tert-OH is 1. The molecule has 3 aromatic rings. The smallest absolute Gasteiger partial charge is 0.286 e. The van der Waals surface area contributed by atoms with Crippen molar-refractivity contribution in [2.24, 2.45) is 11.7 Å². The van der Waals surface area contributed by atoms with Crippen LogP contribution in [0, 0.1) is 12.8 Å². The van der Waals surface area contributed by atoms with Crippen molar-refractivity contribution in [3.63, 3.8) is 0 Å². The number of carbonyl (C=O) groups excluding carboxylic acids is 1. The molecule has 2 aromatic heterocycles. The highest BCUT2D eigenvalue weighted by molar-refractivity contribution is 7.21. The third-order valence-electron chi connectivity index (χ3n) is 5.96. The van der Waals surface area contributed by atoms with E-state index in [9.17, 15) is 9.90 Å². The molecule has 0 spiro atoms.